The second-order valence-electron chi connectivity index (χ2n) is 9.22. The summed E-state index contributed by atoms with van der Waals surface area (Å²) in [6.07, 6.45) is 6.80. The van der Waals surface area contributed by atoms with Crippen LogP contribution >= 0.6 is 0 Å². The number of pyridine rings is 1. The Morgan fingerprint density at radius 3 is 2.76 bits per heavy atom. The highest BCUT2D eigenvalue weighted by Gasteiger charge is 2.19. The van der Waals surface area contributed by atoms with Gasteiger partial charge in [0, 0.05) is 42.5 Å². The zero-order valence-corrected chi connectivity index (χ0v) is 19.7. The molecule has 33 heavy (non-hydrogen) atoms. The van der Waals surface area contributed by atoms with E-state index in [0.29, 0.717) is 17.5 Å². The zero-order valence-electron chi connectivity index (χ0n) is 19.7. The van der Waals surface area contributed by atoms with Gasteiger partial charge in [0.1, 0.15) is 5.65 Å². The fourth-order valence-electron chi connectivity index (χ4n) is 4.67. The molecular formula is C26H35N5O2. The highest BCUT2D eigenvalue weighted by atomic mass is 16.3. The summed E-state index contributed by atoms with van der Waals surface area (Å²) in [5.41, 5.74) is 3.43. The molecule has 3 N–H and O–H groups in total. The minimum atomic E-state index is -0.163. The van der Waals surface area contributed by atoms with Crippen LogP contribution in [-0.2, 0) is 0 Å². The Labute approximate surface area is 195 Å². The molecule has 4 rings (SSSR count). The van der Waals surface area contributed by atoms with E-state index in [-0.39, 0.29) is 18.1 Å². The Bertz CT molecular complexity index is 1110. The van der Waals surface area contributed by atoms with Gasteiger partial charge in [0.15, 0.2) is 0 Å². The molecule has 3 aromatic rings. The van der Waals surface area contributed by atoms with Gasteiger partial charge in [0.2, 0.25) is 11.5 Å². The first-order chi connectivity index (χ1) is 16.1. The number of aromatic amines is 1. The van der Waals surface area contributed by atoms with Crippen molar-refractivity contribution >= 4 is 28.4 Å². The van der Waals surface area contributed by atoms with Crippen molar-refractivity contribution in [1.29, 1.82) is 0 Å². The van der Waals surface area contributed by atoms with Crippen LogP contribution in [0.4, 0.5) is 17.3 Å². The van der Waals surface area contributed by atoms with Crippen molar-refractivity contribution in [3.05, 3.63) is 52.4 Å². The lowest BCUT2D eigenvalue weighted by atomic mass is 9.97. The first-order valence-electron chi connectivity index (χ1n) is 12.2. The van der Waals surface area contributed by atoms with Crippen molar-refractivity contribution in [2.24, 2.45) is 5.92 Å². The maximum absolute atomic E-state index is 11.9. The first-order valence-corrected chi connectivity index (χ1v) is 12.2. The number of aliphatic hydroxyl groups excluding tert-OH is 1. The Morgan fingerprint density at radius 2 is 2.00 bits per heavy atom. The smallest absolute Gasteiger partial charge is 0.249 e. The van der Waals surface area contributed by atoms with Gasteiger partial charge in [-0.15, -0.1) is 0 Å². The van der Waals surface area contributed by atoms with E-state index >= 15 is 0 Å². The molecule has 0 spiro atoms. The van der Waals surface area contributed by atoms with Gasteiger partial charge in [-0.3, -0.25) is 4.79 Å². The SMILES string of the molecule is CCCCCC(C)c1nc(Nc2ccc(N3CCCC(CO)C3)cc2)nc2[nH]c(=O)ccc12. The van der Waals surface area contributed by atoms with Gasteiger partial charge in [-0.05, 0) is 61.4 Å². The van der Waals surface area contributed by atoms with Crippen LogP contribution in [0.5, 0.6) is 0 Å². The third-order valence-corrected chi connectivity index (χ3v) is 6.59. The van der Waals surface area contributed by atoms with E-state index in [1.807, 2.05) is 18.2 Å². The topological polar surface area (TPSA) is 94.1 Å². The molecule has 2 atom stereocenters. The van der Waals surface area contributed by atoms with Gasteiger partial charge in [0.05, 0.1) is 5.69 Å². The van der Waals surface area contributed by atoms with Crippen LogP contribution < -0.4 is 15.8 Å². The second kappa shape index (κ2) is 10.8. The lowest BCUT2D eigenvalue weighted by Crippen LogP contribution is -2.36. The van der Waals surface area contributed by atoms with Crippen molar-refractivity contribution in [3.8, 4) is 0 Å². The highest BCUT2D eigenvalue weighted by molar-refractivity contribution is 5.79. The average Bonchev–Trinajstić information content (AvgIpc) is 2.84. The van der Waals surface area contributed by atoms with Crippen LogP contribution in [0.25, 0.3) is 11.0 Å². The van der Waals surface area contributed by atoms with Gasteiger partial charge in [-0.2, -0.15) is 4.98 Å². The molecule has 176 valence electrons. The third-order valence-electron chi connectivity index (χ3n) is 6.59. The summed E-state index contributed by atoms with van der Waals surface area (Å²) >= 11 is 0. The second-order valence-corrected chi connectivity index (χ2v) is 9.22. The average molecular weight is 450 g/mol. The molecule has 1 saturated heterocycles. The maximum Gasteiger partial charge on any atom is 0.249 e. The minimum Gasteiger partial charge on any atom is -0.396 e. The summed E-state index contributed by atoms with van der Waals surface area (Å²) in [6.45, 7) is 6.56. The molecule has 7 nitrogen and oxygen atoms in total. The number of rotatable bonds is 9. The lowest BCUT2D eigenvalue weighted by Gasteiger charge is -2.33. The Hall–Kier alpha value is -2.93. The monoisotopic (exact) mass is 449 g/mol. The molecule has 0 saturated carbocycles. The molecule has 1 aliphatic heterocycles. The molecule has 1 aromatic carbocycles. The molecule has 2 unspecified atom stereocenters. The van der Waals surface area contributed by atoms with E-state index in [0.717, 1.165) is 61.2 Å². The predicted molar refractivity (Wildman–Crippen MR) is 134 cm³/mol. The van der Waals surface area contributed by atoms with Gasteiger partial charge in [-0.25, -0.2) is 4.98 Å². The molecule has 0 aliphatic carbocycles. The number of hydrogen-bond acceptors (Lipinski definition) is 6. The standard InChI is InChI=1S/C26H35N5O2/c1-3-4-5-7-18(2)24-22-13-14-23(33)28-25(22)30-26(29-24)27-20-9-11-21(12-10-20)31-15-6-8-19(16-31)17-32/h9-14,18-19,32H,3-8,15-17H2,1-2H3,(H2,27,28,29,30,33). The van der Waals surface area contributed by atoms with E-state index in [1.54, 1.807) is 6.07 Å². The first kappa shape index (κ1) is 23.2. The molecule has 7 heteroatoms. The van der Waals surface area contributed by atoms with Gasteiger partial charge < -0.3 is 20.3 Å². The quantitative estimate of drug-likeness (QED) is 0.400. The van der Waals surface area contributed by atoms with Crippen LogP contribution in [0.1, 0.15) is 64.0 Å². The minimum absolute atomic E-state index is 0.163. The molecule has 0 amide bonds. The molecule has 1 aliphatic rings. The van der Waals surface area contributed by atoms with Crippen LogP contribution in [-0.4, -0.2) is 39.8 Å². The number of nitrogens with zero attached hydrogens (tertiary/aromatic N) is 3. The summed E-state index contributed by atoms with van der Waals surface area (Å²) in [6, 6.07) is 11.6. The highest BCUT2D eigenvalue weighted by Crippen LogP contribution is 2.29. The lowest BCUT2D eigenvalue weighted by molar-refractivity contribution is 0.209. The largest absolute Gasteiger partial charge is 0.396 e. The molecule has 0 bridgehead atoms. The van der Waals surface area contributed by atoms with Crippen molar-refractivity contribution in [2.45, 2.75) is 58.3 Å². The summed E-state index contributed by atoms with van der Waals surface area (Å²) in [5, 5.41) is 13.7. The summed E-state index contributed by atoms with van der Waals surface area (Å²) in [5.74, 6) is 1.12. The van der Waals surface area contributed by atoms with Crippen LogP contribution in [0.2, 0.25) is 0 Å². The van der Waals surface area contributed by atoms with E-state index in [4.69, 9.17) is 4.98 Å². The number of unbranched alkanes of at least 4 members (excludes halogenated alkanes) is 2. The van der Waals surface area contributed by atoms with E-state index < -0.39 is 0 Å². The van der Waals surface area contributed by atoms with Crippen molar-refractivity contribution < 1.29 is 5.11 Å². The van der Waals surface area contributed by atoms with Gasteiger partial charge >= 0.3 is 0 Å². The number of H-pyrrole nitrogens is 1. The number of aromatic nitrogens is 3. The number of nitrogens with one attached hydrogen (secondary N) is 2. The molecule has 0 radical (unpaired) electrons. The summed E-state index contributed by atoms with van der Waals surface area (Å²) < 4.78 is 0. The normalized spacial score (nSPS) is 17.3. The number of hydrogen-bond donors (Lipinski definition) is 3. The van der Waals surface area contributed by atoms with E-state index in [1.165, 1.54) is 12.8 Å². The van der Waals surface area contributed by atoms with Gasteiger partial charge in [-0.1, -0.05) is 33.1 Å². The Kier molecular flexibility index (Phi) is 7.60. The van der Waals surface area contributed by atoms with Crippen LogP contribution in [0, 0.1) is 5.92 Å². The fraction of sp³-hybridized carbons (Fsp3) is 0.500. The molecule has 2 aromatic heterocycles. The summed E-state index contributed by atoms with van der Waals surface area (Å²) in [7, 11) is 0. The predicted octanol–water partition coefficient (Wildman–Crippen LogP) is 4.95. The van der Waals surface area contributed by atoms with Crippen LogP contribution in [0.15, 0.2) is 41.2 Å². The zero-order chi connectivity index (χ0) is 23.2. The number of aliphatic hydroxyl groups is 1. The molecule has 3 heterocycles. The third kappa shape index (κ3) is 5.71. The Morgan fingerprint density at radius 1 is 1.18 bits per heavy atom. The molecular weight excluding hydrogens is 414 g/mol. The maximum atomic E-state index is 11.9. The van der Waals surface area contributed by atoms with Crippen LogP contribution in [0.3, 0.4) is 0 Å². The van der Waals surface area contributed by atoms with Crippen molar-refractivity contribution in [3.63, 3.8) is 0 Å². The molecule has 1 fully saturated rings. The van der Waals surface area contributed by atoms with Crippen molar-refractivity contribution in [2.75, 3.05) is 29.9 Å². The van der Waals surface area contributed by atoms with E-state index in [2.05, 4.69) is 46.2 Å². The van der Waals surface area contributed by atoms with Crippen molar-refractivity contribution in [1.82, 2.24) is 15.0 Å². The summed E-state index contributed by atoms with van der Waals surface area (Å²) in [4.78, 5) is 26.6. The van der Waals surface area contributed by atoms with Gasteiger partial charge in [0.25, 0.3) is 0 Å². The number of piperidine rings is 1. The number of fused-ring (bicyclic) bond motifs is 1. The number of anilines is 3. The number of benzene rings is 1. The Balaban J connectivity index is 1.56. The fourth-order valence-corrected chi connectivity index (χ4v) is 4.67. The van der Waals surface area contributed by atoms with E-state index in [9.17, 15) is 9.90 Å².